The van der Waals surface area contributed by atoms with Gasteiger partial charge >= 0.3 is 12.1 Å². The Morgan fingerprint density at radius 1 is 1.17 bits per heavy atom. The number of esters is 1. The van der Waals surface area contributed by atoms with Crippen molar-refractivity contribution in [1.82, 2.24) is 10.2 Å². The first kappa shape index (κ1) is 27.2. The number of carbonyl (C=O) groups is 2. The van der Waals surface area contributed by atoms with Gasteiger partial charge in [-0.3, -0.25) is 4.79 Å². The highest BCUT2D eigenvalue weighted by atomic mass is 16.6. The largest absolute Gasteiger partial charge is 0.461 e. The van der Waals surface area contributed by atoms with Crippen LogP contribution in [0.5, 0.6) is 5.75 Å². The molecule has 0 heterocycles. The number of carbonyl (C=O) groups excluding carboxylic acids is 2. The van der Waals surface area contributed by atoms with Crippen LogP contribution in [0.15, 0.2) is 36.9 Å². The fourth-order valence-corrected chi connectivity index (χ4v) is 5.75. The molecule has 0 aliphatic heterocycles. The SMILES string of the molecule is C=CCOC(=O)CC1(CNC(=O)Oc2cccc([C@]3(O)CCCC[C@@H]3CN(C)C)c2)CCCCC1. The Morgan fingerprint density at radius 3 is 2.63 bits per heavy atom. The maximum atomic E-state index is 12.7. The average molecular weight is 487 g/mol. The van der Waals surface area contributed by atoms with Crippen molar-refractivity contribution in [3.8, 4) is 5.75 Å². The van der Waals surface area contributed by atoms with E-state index < -0.39 is 11.7 Å². The van der Waals surface area contributed by atoms with E-state index in [4.69, 9.17) is 9.47 Å². The molecule has 2 saturated carbocycles. The highest BCUT2D eigenvalue weighted by Gasteiger charge is 2.41. The van der Waals surface area contributed by atoms with Crippen molar-refractivity contribution in [3.05, 3.63) is 42.5 Å². The maximum Gasteiger partial charge on any atom is 0.412 e. The molecule has 194 valence electrons. The minimum absolute atomic E-state index is 0.127. The molecule has 2 atom stereocenters. The van der Waals surface area contributed by atoms with E-state index in [0.29, 0.717) is 18.7 Å². The minimum atomic E-state index is -0.934. The third kappa shape index (κ3) is 7.55. The van der Waals surface area contributed by atoms with Crippen molar-refractivity contribution in [3.63, 3.8) is 0 Å². The quantitative estimate of drug-likeness (QED) is 0.365. The first-order valence-corrected chi connectivity index (χ1v) is 13.0. The first-order valence-electron chi connectivity index (χ1n) is 13.0. The number of benzene rings is 1. The zero-order valence-electron chi connectivity index (χ0n) is 21.4. The van der Waals surface area contributed by atoms with E-state index in [9.17, 15) is 14.7 Å². The van der Waals surface area contributed by atoms with Gasteiger partial charge in [-0.15, -0.1) is 0 Å². The standard InChI is InChI=1S/C28H42N2O5/c1-4-17-34-25(31)19-27(14-7-5-8-15-27)21-29-26(32)35-24-13-10-12-22(18-24)28(33)16-9-6-11-23(28)20-30(2)3/h4,10,12-13,18,23,33H,1,5-9,11,14-17,19-21H2,2-3H3,(H,29,32)/t23-,28-/m1/s1. The molecule has 2 aliphatic carbocycles. The number of aliphatic hydroxyl groups is 1. The van der Waals surface area contributed by atoms with E-state index in [1.165, 1.54) is 0 Å². The van der Waals surface area contributed by atoms with E-state index >= 15 is 0 Å². The number of ether oxygens (including phenoxy) is 2. The van der Waals surface area contributed by atoms with Crippen molar-refractivity contribution >= 4 is 12.1 Å². The molecule has 0 aromatic heterocycles. The summed E-state index contributed by atoms with van der Waals surface area (Å²) in [6.07, 6.45) is 9.97. The smallest absolute Gasteiger partial charge is 0.412 e. The molecule has 0 radical (unpaired) electrons. The van der Waals surface area contributed by atoms with Crippen LogP contribution in [0.1, 0.15) is 69.8 Å². The van der Waals surface area contributed by atoms with E-state index in [1.54, 1.807) is 18.2 Å². The molecular weight excluding hydrogens is 444 g/mol. The summed E-state index contributed by atoms with van der Waals surface area (Å²) in [5.74, 6) is 0.274. The number of nitrogens with one attached hydrogen (secondary N) is 1. The van der Waals surface area contributed by atoms with Gasteiger partial charge in [0.05, 0.1) is 12.0 Å². The lowest BCUT2D eigenvalue weighted by atomic mass is 9.71. The molecule has 7 nitrogen and oxygen atoms in total. The van der Waals surface area contributed by atoms with Crippen LogP contribution in [-0.4, -0.2) is 55.9 Å². The molecule has 1 aromatic rings. The van der Waals surface area contributed by atoms with Crippen molar-refractivity contribution < 1.29 is 24.2 Å². The van der Waals surface area contributed by atoms with Gasteiger partial charge in [-0.05, 0) is 62.9 Å². The molecule has 1 aromatic carbocycles. The second-order valence-corrected chi connectivity index (χ2v) is 10.6. The summed E-state index contributed by atoms with van der Waals surface area (Å²) in [4.78, 5) is 27.1. The van der Waals surface area contributed by atoms with Gasteiger partial charge in [0.15, 0.2) is 0 Å². The van der Waals surface area contributed by atoms with Gasteiger partial charge in [0, 0.05) is 19.0 Å². The normalized spacial score (nSPS) is 23.9. The zero-order chi connectivity index (χ0) is 25.3. The third-order valence-electron chi connectivity index (χ3n) is 7.57. The van der Waals surface area contributed by atoms with Crippen molar-refractivity contribution in [2.75, 3.05) is 33.8 Å². The van der Waals surface area contributed by atoms with Gasteiger partial charge in [0.25, 0.3) is 0 Å². The Hall–Kier alpha value is -2.38. The third-order valence-corrected chi connectivity index (χ3v) is 7.57. The molecule has 3 rings (SSSR count). The lowest BCUT2D eigenvalue weighted by Crippen LogP contribution is -2.43. The second-order valence-electron chi connectivity index (χ2n) is 10.6. The number of hydrogen-bond acceptors (Lipinski definition) is 6. The summed E-state index contributed by atoms with van der Waals surface area (Å²) in [6, 6.07) is 7.27. The molecule has 0 unspecified atom stereocenters. The number of nitrogens with zero attached hydrogens (tertiary/aromatic N) is 1. The van der Waals surface area contributed by atoms with Crippen LogP contribution < -0.4 is 10.1 Å². The van der Waals surface area contributed by atoms with Crippen LogP contribution in [0, 0.1) is 11.3 Å². The number of amides is 1. The van der Waals surface area contributed by atoms with Crippen LogP contribution >= 0.6 is 0 Å². The topological polar surface area (TPSA) is 88.1 Å². The second kappa shape index (κ2) is 12.5. The summed E-state index contributed by atoms with van der Waals surface area (Å²) >= 11 is 0. The van der Waals surface area contributed by atoms with Crippen LogP contribution in [0.4, 0.5) is 4.79 Å². The molecule has 1 amide bonds. The lowest BCUT2D eigenvalue weighted by Gasteiger charge is -2.41. The van der Waals surface area contributed by atoms with Gasteiger partial charge in [-0.1, -0.05) is 56.9 Å². The first-order chi connectivity index (χ1) is 16.8. The maximum absolute atomic E-state index is 12.7. The lowest BCUT2D eigenvalue weighted by molar-refractivity contribution is -0.145. The van der Waals surface area contributed by atoms with Gasteiger partial charge in [-0.2, -0.15) is 0 Å². The molecular formula is C28H42N2O5. The van der Waals surface area contributed by atoms with Crippen molar-refractivity contribution in [2.45, 2.75) is 69.8 Å². The van der Waals surface area contributed by atoms with Crippen LogP contribution in [0.3, 0.4) is 0 Å². The van der Waals surface area contributed by atoms with E-state index in [1.807, 2.05) is 26.2 Å². The molecule has 0 spiro atoms. The van der Waals surface area contributed by atoms with Crippen LogP contribution in [0.25, 0.3) is 0 Å². The summed E-state index contributed by atoms with van der Waals surface area (Å²) in [6.45, 7) is 4.95. The molecule has 35 heavy (non-hydrogen) atoms. The van der Waals surface area contributed by atoms with Gasteiger partial charge in [-0.25, -0.2) is 4.79 Å². The summed E-state index contributed by atoms with van der Waals surface area (Å²) in [7, 11) is 4.05. The van der Waals surface area contributed by atoms with Gasteiger partial charge in [0.2, 0.25) is 0 Å². The molecule has 2 N–H and O–H groups in total. The summed E-state index contributed by atoms with van der Waals surface area (Å²) < 4.78 is 10.8. The predicted molar refractivity (Wildman–Crippen MR) is 136 cm³/mol. The molecule has 7 heteroatoms. The highest BCUT2D eigenvalue weighted by Crippen LogP contribution is 2.43. The predicted octanol–water partition coefficient (Wildman–Crippen LogP) is 4.78. The Bertz CT molecular complexity index is 865. The van der Waals surface area contributed by atoms with Crippen molar-refractivity contribution in [1.29, 1.82) is 0 Å². The van der Waals surface area contributed by atoms with E-state index in [0.717, 1.165) is 63.5 Å². The molecule has 0 bridgehead atoms. The van der Waals surface area contributed by atoms with Gasteiger partial charge < -0.3 is 24.8 Å². The Labute approximate surface area is 209 Å². The van der Waals surface area contributed by atoms with Crippen LogP contribution in [0.2, 0.25) is 0 Å². The monoisotopic (exact) mass is 486 g/mol. The summed E-state index contributed by atoms with van der Waals surface area (Å²) in [5.41, 5.74) is -0.451. The van der Waals surface area contributed by atoms with E-state index in [2.05, 4.69) is 16.8 Å². The molecule has 0 saturated heterocycles. The minimum Gasteiger partial charge on any atom is -0.461 e. The molecule has 2 aliphatic rings. The Balaban J connectivity index is 1.64. The Morgan fingerprint density at radius 2 is 1.91 bits per heavy atom. The molecule has 2 fully saturated rings. The van der Waals surface area contributed by atoms with Crippen molar-refractivity contribution in [2.24, 2.45) is 11.3 Å². The Kier molecular flexibility index (Phi) is 9.75. The van der Waals surface area contributed by atoms with Crippen LogP contribution in [-0.2, 0) is 15.1 Å². The zero-order valence-corrected chi connectivity index (χ0v) is 21.4. The fourth-order valence-electron chi connectivity index (χ4n) is 5.75. The fraction of sp³-hybridized carbons (Fsp3) is 0.643. The van der Waals surface area contributed by atoms with E-state index in [-0.39, 0.29) is 30.3 Å². The number of hydrogen-bond donors (Lipinski definition) is 2. The highest BCUT2D eigenvalue weighted by molar-refractivity contribution is 5.72. The average Bonchev–Trinajstić information content (AvgIpc) is 2.83. The summed E-state index contributed by atoms with van der Waals surface area (Å²) in [5, 5.41) is 14.5. The number of rotatable bonds is 10. The van der Waals surface area contributed by atoms with Gasteiger partial charge in [0.1, 0.15) is 12.4 Å².